The van der Waals surface area contributed by atoms with Gasteiger partial charge in [0, 0.05) is 55.5 Å². The molecule has 0 spiro atoms. The van der Waals surface area contributed by atoms with Crippen LogP contribution in [0.1, 0.15) is 28.3 Å². The summed E-state index contributed by atoms with van der Waals surface area (Å²) in [7, 11) is 1.67. The van der Waals surface area contributed by atoms with Gasteiger partial charge in [0.2, 0.25) is 0 Å². The Morgan fingerprint density at radius 1 is 1.12 bits per heavy atom. The van der Waals surface area contributed by atoms with E-state index < -0.39 is 0 Å². The van der Waals surface area contributed by atoms with Gasteiger partial charge in [-0.3, -0.25) is 15.2 Å². The van der Waals surface area contributed by atoms with E-state index in [1.165, 1.54) is 6.07 Å². The molecule has 6 rings (SSSR count). The summed E-state index contributed by atoms with van der Waals surface area (Å²) < 4.78 is 26.7. The molecule has 2 aromatic heterocycles. The van der Waals surface area contributed by atoms with Crippen LogP contribution < -0.4 is 10.6 Å². The summed E-state index contributed by atoms with van der Waals surface area (Å²) in [5.74, 6) is 0.212. The molecule has 0 saturated carbocycles. The second-order valence-corrected chi connectivity index (χ2v) is 10.5. The average molecular weight is 557 g/mol. The highest BCUT2D eigenvalue weighted by molar-refractivity contribution is 5.91. The van der Waals surface area contributed by atoms with Crippen LogP contribution in [-0.2, 0) is 22.7 Å². The van der Waals surface area contributed by atoms with Crippen molar-refractivity contribution in [2.45, 2.75) is 32.1 Å². The topological polar surface area (TPSA) is 93.5 Å². The fourth-order valence-electron chi connectivity index (χ4n) is 5.68. The lowest BCUT2D eigenvalue weighted by Gasteiger charge is -2.21. The minimum Gasteiger partial charge on any atom is -0.383 e. The van der Waals surface area contributed by atoms with Crippen LogP contribution in [0.3, 0.4) is 0 Å². The molecule has 212 valence electrons. The fraction of sp³-hybridized carbons (Fsp3) is 0.323. The lowest BCUT2D eigenvalue weighted by Crippen LogP contribution is -2.42. The third kappa shape index (κ3) is 5.72. The normalized spacial score (nSPS) is 18.4. The molecule has 9 nitrogen and oxygen atoms in total. The van der Waals surface area contributed by atoms with E-state index >= 15 is 0 Å². The highest BCUT2D eigenvalue weighted by Gasteiger charge is 2.35. The van der Waals surface area contributed by atoms with Crippen molar-refractivity contribution in [2.75, 3.05) is 38.7 Å². The Balaban J connectivity index is 1.28. The van der Waals surface area contributed by atoms with Gasteiger partial charge in [0.15, 0.2) is 0 Å². The summed E-state index contributed by atoms with van der Waals surface area (Å²) in [5, 5.41) is 11.2. The van der Waals surface area contributed by atoms with Crippen LogP contribution in [0.25, 0.3) is 16.9 Å². The number of aromatic nitrogens is 3. The summed E-state index contributed by atoms with van der Waals surface area (Å²) in [6.45, 7) is 5.61. The first-order valence-electron chi connectivity index (χ1n) is 13.8. The molecule has 10 heteroatoms. The number of carbonyl (C=O) groups is 1. The lowest BCUT2D eigenvalue weighted by atomic mass is 9.94. The molecule has 0 aliphatic carbocycles. The Hall–Kier alpha value is -4.12. The molecule has 2 amide bonds. The van der Waals surface area contributed by atoms with Crippen LogP contribution in [0, 0.1) is 12.7 Å². The number of halogens is 1. The number of methoxy groups -OCH3 is 1. The maximum absolute atomic E-state index is 14.1. The number of nitrogens with zero attached hydrogens (tertiary/aromatic N) is 4. The quantitative estimate of drug-likeness (QED) is 0.328. The maximum Gasteiger partial charge on any atom is 0.320 e. The van der Waals surface area contributed by atoms with Crippen LogP contribution in [0.5, 0.6) is 0 Å². The number of likely N-dealkylation sites (tertiary alicyclic amines) is 1. The number of rotatable bonds is 8. The van der Waals surface area contributed by atoms with E-state index in [0.717, 1.165) is 45.9 Å². The van der Waals surface area contributed by atoms with Gasteiger partial charge in [-0.05, 0) is 42.8 Å². The summed E-state index contributed by atoms with van der Waals surface area (Å²) in [6, 6.07) is 17.8. The zero-order valence-electron chi connectivity index (χ0n) is 23.1. The minimum atomic E-state index is -0.350. The van der Waals surface area contributed by atoms with Gasteiger partial charge < -0.3 is 14.8 Å². The second kappa shape index (κ2) is 11.8. The number of hydrogen-bond donors (Lipinski definition) is 2. The molecule has 2 aromatic carbocycles. The Morgan fingerprint density at radius 3 is 2.78 bits per heavy atom. The number of urea groups is 1. The third-order valence-electron chi connectivity index (χ3n) is 7.79. The van der Waals surface area contributed by atoms with Crippen LogP contribution in [0.4, 0.5) is 15.0 Å². The predicted octanol–water partition coefficient (Wildman–Crippen LogP) is 4.65. The van der Waals surface area contributed by atoms with Crippen LogP contribution >= 0.6 is 0 Å². The highest BCUT2D eigenvalue weighted by Crippen LogP contribution is 2.33. The average Bonchev–Trinajstić information content (AvgIpc) is 3.70. The van der Waals surface area contributed by atoms with Gasteiger partial charge in [0.25, 0.3) is 0 Å². The molecule has 1 saturated heterocycles. The Kier molecular flexibility index (Phi) is 7.78. The SMILES string of the molecule is COCCN1CC(NC(=O)Nc2c(C)c(-c3cnc4c(c3)COC4)nn2-c2ccccc2)C(c2cccc(F)c2)C1. The molecule has 0 bridgehead atoms. The first-order valence-corrected chi connectivity index (χ1v) is 13.8. The van der Waals surface area contributed by atoms with E-state index in [-0.39, 0.29) is 23.8 Å². The standard InChI is InChI=1S/C31H33FN6O3/c1-20-29(22-13-23-18-41-19-28(23)33-15-22)36-38(25-9-4-3-5-10-25)30(20)35-31(39)34-27-17-37(11-12-40-2)16-26(27)21-7-6-8-24(32)14-21/h3-10,13-15,26-27H,11-12,16-19H2,1-2H3,(H2,34,35,39). The van der Waals surface area contributed by atoms with Crippen molar-refractivity contribution in [3.63, 3.8) is 0 Å². The minimum absolute atomic E-state index is 0.0660. The van der Waals surface area contributed by atoms with Gasteiger partial charge >= 0.3 is 6.03 Å². The van der Waals surface area contributed by atoms with Crippen molar-refractivity contribution in [1.29, 1.82) is 0 Å². The van der Waals surface area contributed by atoms with Crippen molar-refractivity contribution in [3.05, 3.63) is 95.1 Å². The van der Waals surface area contributed by atoms with Crippen molar-refractivity contribution in [3.8, 4) is 16.9 Å². The first kappa shape index (κ1) is 27.1. The predicted molar refractivity (Wildman–Crippen MR) is 153 cm³/mol. The number of amides is 2. The van der Waals surface area contributed by atoms with E-state index in [9.17, 15) is 9.18 Å². The van der Waals surface area contributed by atoms with Crippen LogP contribution in [0.15, 0.2) is 66.9 Å². The van der Waals surface area contributed by atoms with Crippen molar-refractivity contribution in [2.24, 2.45) is 0 Å². The molecular formula is C31H33FN6O3. The van der Waals surface area contributed by atoms with E-state index in [0.29, 0.717) is 38.7 Å². The lowest BCUT2D eigenvalue weighted by molar-refractivity contribution is 0.133. The van der Waals surface area contributed by atoms with Crippen molar-refractivity contribution in [1.82, 2.24) is 25.0 Å². The molecule has 0 radical (unpaired) electrons. The fourth-order valence-corrected chi connectivity index (χ4v) is 5.68. The molecule has 2 N–H and O–H groups in total. The van der Waals surface area contributed by atoms with Crippen molar-refractivity contribution >= 4 is 11.8 Å². The van der Waals surface area contributed by atoms with Gasteiger partial charge in [-0.15, -0.1) is 0 Å². The second-order valence-electron chi connectivity index (χ2n) is 10.5. The maximum atomic E-state index is 14.1. The van der Waals surface area contributed by atoms with Gasteiger partial charge in [-0.25, -0.2) is 13.9 Å². The number of para-hydroxylation sites is 1. The zero-order valence-corrected chi connectivity index (χ0v) is 23.1. The number of hydrogen-bond acceptors (Lipinski definition) is 6. The Morgan fingerprint density at radius 2 is 1.98 bits per heavy atom. The third-order valence-corrected chi connectivity index (χ3v) is 7.79. The summed E-state index contributed by atoms with van der Waals surface area (Å²) in [6.07, 6.45) is 1.80. The van der Waals surface area contributed by atoms with Crippen molar-refractivity contribution < 1.29 is 18.7 Å². The molecule has 4 aromatic rings. The molecule has 41 heavy (non-hydrogen) atoms. The molecule has 2 atom stereocenters. The highest BCUT2D eigenvalue weighted by atomic mass is 19.1. The number of pyridine rings is 1. The summed E-state index contributed by atoms with van der Waals surface area (Å²) >= 11 is 0. The van der Waals surface area contributed by atoms with Gasteiger partial charge in [0.05, 0.1) is 42.9 Å². The van der Waals surface area contributed by atoms with E-state index in [2.05, 4.69) is 26.6 Å². The van der Waals surface area contributed by atoms with Crippen LogP contribution in [-0.4, -0.2) is 65.1 Å². The van der Waals surface area contributed by atoms with E-state index in [1.807, 2.05) is 43.3 Å². The number of benzene rings is 2. The summed E-state index contributed by atoms with van der Waals surface area (Å²) in [5.41, 5.74) is 6.08. The number of ether oxygens (including phenoxy) is 2. The number of carbonyl (C=O) groups excluding carboxylic acids is 1. The number of fused-ring (bicyclic) bond motifs is 1. The molecule has 2 aliphatic heterocycles. The first-order chi connectivity index (χ1) is 20.0. The van der Waals surface area contributed by atoms with Crippen LogP contribution in [0.2, 0.25) is 0 Å². The molecule has 4 heterocycles. The smallest absolute Gasteiger partial charge is 0.320 e. The monoisotopic (exact) mass is 556 g/mol. The molecule has 1 fully saturated rings. The Labute approximate surface area is 238 Å². The van der Waals surface area contributed by atoms with Gasteiger partial charge in [0.1, 0.15) is 11.6 Å². The number of nitrogens with one attached hydrogen (secondary N) is 2. The molecule has 2 aliphatic rings. The van der Waals surface area contributed by atoms with E-state index in [4.69, 9.17) is 14.6 Å². The Bertz CT molecular complexity index is 1540. The van der Waals surface area contributed by atoms with E-state index in [1.54, 1.807) is 30.1 Å². The largest absolute Gasteiger partial charge is 0.383 e. The molecular weight excluding hydrogens is 523 g/mol. The zero-order chi connectivity index (χ0) is 28.3. The molecule has 2 unspecified atom stereocenters. The number of anilines is 1. The summed E-state index contributed by atoms with van der Waals surface area (Å²) in [4.78, 5) is 20.4. The van der Waals surface area contributed by atoms with Gasteiger partial charge in [-0.2, -0.15) is 5.10 Å². The van der Waals surface area contributed by atoms with Gasteiger partial charge in [-0.1, -0.05) is 30.3 Å².